The third kappa shape index (κ3) is 1.15. The summed E-state index contributed by atoms with van der Waals surface area (Å²) in [7, 11) is 1.32. The average molecular weight is 140 g/mol. The van der Waals surface area contributed by atoms with Crippen molar-refractivity contribution in [1.29, 1.82) is 0 Å². The first-order chi connectivity index (χ1) is 4.74. The molecule has 4 nitrogen and oxygen atoms in total. The van der Waals surface area contributed by atoms with E-state index in [1.54, 1.807) is 13.1 Å². The number of hydrogen-bond acceptors (Lipinski definition) is 3. The van der Waals surface area contributed by atoms with E-state index in [-0.39, 0.29) is 5.82 Å². The van der Waals surface area contributed by atoms with E-state index in [0.717, 1.165) is 5.69 Å². The van der Waals surface area contributed by atoms with Crippen LogP contribution in [0.1, 0.15) is 16.3 Å². The van der Waals surface area contributed by atoms with Crippen LogP contribution < -0.4 is 0 Å². The van der Waals surface area contributed by atoms with Gasteiger partial charge >= 0.3 is 5.97 Å². The van der Waals surface area contributed by atoms with Crippen LogP contribution in [0.2, 0.25) is 0 Å². The fourth-order valence-electron chi connectivity index (χ4n) is 0.615. The van der Waals surface area contributed by atoms with Crippen LogP contribution in [0.3, 0.4) is 0 Å². The summed E-state index contributed by atoms with van der Waals surface area (Å²) in [5.41, 5.74) is 0.778. The molecule has 0 unspecified atom stereocenters. The van der Waals surface area contributed by atoms with Crippen molar-refractivity contribution in [2.45, 2.75) is 6.92 Å². The smallest absolute Gasteiger partial charge is 0.374 e. The van der Waals surface area contributed by atoms with Crippen LogP contribution in [0.4, 0.5) is 0 Å². The van der Waals surface area contributed by atoms with Crippen molar-refractivity contribution in [2.75, 3.05) is 7.11 Å². The summed E-state index contributed by atoms with van der Waals surface area (Å²) >= 11 is 0. The number of esters is 1. The first-order valence-electron chi connectivity index (χ1n) is 2.84. The van der Waals surface area contributed by atoms with Crippen LogP contribution in [0, 0.1) is 6.92 Å². The number of aryl methyl sites for hydroxylation is 1. The summed E-state index contributed by atoms with van der Waals surface area (Å²) in [4.78, 5) is 17.2. The zero-order valence-corrected chi connectivity index (χ0v) is 5.84. The maximum Gasteiger partial charge on any atom is 0.374 e. The molecule has 1 heterocycles. The highest BCUT2D eigenvalue weighted by molar-refractivity contribution is 5.85. The maximum absolute atomic E-state index is 10.7. The van der Waals surface area contributed by atoms with Crippen molar-refractivity contribution in [3.63, 3.8) is 0 Å². The number of nitrogens with one attached hydrogen (secondary N) is 1. The van der Waals surface area contributed by atoms with E-state index < -0.39 is 5.97 Å². The van der Waals surface area contributed by atoms with Crippen molar-refractivity contribution in [3.8, 4) is 0 Å². The minimum absolute atomic E-state index is 0.250. The van der Waals surface area contributed by atoms with Gasteiger partial charge in [0.2, 0.25) is 5.82 Å². The molecular formula is C6H8N2O2. The number of hydrogen-bond donors (Lipinski definition) is 1. The van der Waals surface area contributed by atoms with Gasteiger partial charge in [0.15, 0.2) is 0 Å². The summed E-state index contributed by atoms with van der Waals surface area (Å²) in [6.45, 7) is 1.79. The third-order valence-corrected chi connectivity index (χ3v) is 1.08. The molecule has 0 aromatic carbocycles. The van der Waals surface area contributed by atoms with E-state index in [4.69, 9.17) is 0 Å². The highest BCUT2D eigenvalue weighted by Gasteiger charge is 2.07. The Hall–Kier alpha value is -1.32. The Morgan fingerprint density at radius 2 is 2.50 bits per heavy atom. The van der Waals surface area contributed by atoms with Gasteiger partial charge in [-0.25, -0.2) is 9.78 Å². The average Bonchev–Trinajstić information content (AvgIpc) is 2.34. The third-order valence-electron chi connectivity index (χ3n) is 1.08. The number of H-pyrrole nitrogens is 1. The number of methoxy groups -OCH3 is 1. The minimum atomic E-state index is -0.437. The van der Waals surface area contributed by atoms with Crippen molar-refractivity contribution in [1.82, 2.24) is 9.97 Å². The van der Waals surface area contributed by atoms with E-state index in [2.05, 4.69) is 14.7 Å². The fourth-order valence-corrected chi connectivity index (χ4v) is 0.615. The first-order valence-corrected chi connectivity index (χ1v) is 2.84. The minimum Gasteiger partial charge on any atom is -0.463 e. The van der Waals surface area contributed by atoms with E-state index >= 15 is 0 Å². The quantitative estimate of drug-likeness (QED) is 0.578. The maximum atomic E-state index is 10.7. The molecule has 0 saturated heterocycles. The normalized spacial score (nSPS) is 9.40. The lowest BCUT2D eigenvalue weighted by molar-refractivity contribution is 0.0588. The van der Waals surface area contributed by atoms with Gasteiger partial charge in [-0.15, -0.1) is 0 Å². The molecular weight excluding hydrogens is 132 g/mol. The van der Waals surface area contributed by atoms with Crippen molar-refractivity contribution >= 4 is 5.97 Å². The Morgan fingerprint density at radius 1 is 1.80 bits per heavy atom. The molecule has 0 fully saturated rings. The second-order valence-electron chi connectivity index (χ2n) is 1.88. The van der Waals surface area contributed by atoms with Gasteiger partial charge in [0.25, 0.3) is 0 Å². The number of aromatic amines is 1. The first kappa shape index (κ1) is 6.80. The lowest BCUT2D eigenvalue weighted by Gasteiger charge is -1.90. The van der Waals surface area contributed by atoms with Gasteiger partial charge < -0.3 is 9.72 Å². The Morgan fingerprint density at radius 3 is 2.90 bits per heavy atom. The second-order valence-corrected chi connectivity index (χ2v) is 1.88. The number of ether oxygens (including phenoxy) is 1. The molecule has 0 amide bonds. The summed E-state index contributed by atoms with van der Waals surface area (Å²) in [6.07, 6.45) is 1.65. The van der Waals surface area contributed by atoms with E-state index in [1.165, 1.54) is 7.11 Å². The van der Waals surface area contributed by atoms with Gasteiger partial charge in [0.1, 0.15) is 0 Å². The van der Waals surface area contributed by atoms with Crippen LogP contribution in [0.25, 0.3) is 0 Å². The van der Waals surface area contributed by atoms with E-state index in [0.29, 0.717) is 0 Å². The van der Waals surface area contributed by atoms with E-state index in [1.807, 2.05) is 0 Å². The molecule has 0 radical (unpaired) electrons. The Labute approximate surface area is 58.2 Å². The van der Waals surface area contributed by atoms with Gasteiger partial charge in [0, 0.05) is 6.20 Å². The molecule has 1 aromatic rings. The molecule has 0 saturated carbocycles. The molecule has 1 rings (SSSR count). The van der Waals surface area contributed by atoms with Gasteiger partial charge in [-0.05, 0) is 6.92 Å². The van der Waals surface area contributed by atoms with Crippen molar-refractivity contribution < 1.29 is 9.53 Å². The number of aromatic nitrogens is 2. The molecule has 0 spiro atoms. The topological polar surface area (TPSA) is 55.0 Å². The van der Waals surface area contributed by atoms with Crippen LogP contribution in [-0.2, 0) is 4.74 Å². The highest BCUT2D eigenvalue weighted by Crippen LogP contribution is 1.95. The Balaban J connectivity index is 2.85. The standard InChI is InChI=1S/C6H8N2O2/c1-4-3-7-5(8-4)6(9)10-2/h3H,1-2H3,(H,7,8). The predicted octanol–water partition coefficient (Wildman–Crippen LogP) is 0.505. The van der Waals surface area contributed by atoms with E-state index in [9.17, 15) is 4.79 Å². The molecule has 0 aliphatic rings. The van der Waals surface area contributed by atoms with Crippen LogP contribution in [-0.4, -0.2) is 23.0 Å². The molecule has 54 valence electrons. The van der Waals surface area contributed by atoms with Gasteiger partial charge in [-0.3, -0.25) is 0 Å². The van der Waals surface area contributed by atoms with Gasteiger partial charge in [-0.1, -0.05) is 0 Å². The largest absolute Gasteiger partial charge is 0.463 e. The molecule has 10 heavy (non-hydrogen) atoms. The summed E-state index contributed by atoms with van der Waals surface area (Å²) < 4.78 is 4.42. The number of rotatable bonds is 1. The Kier molecular flexibility index (Phi) is 1.71. The molecule has 0 atom stereocenters. The zero-order valence-electron chi connectivity index (χ0n) is 5.84. The molecule has 4 heteroatoms. The van der Waals surface area contributed by atoms with Crippen molar-refractivity contribution in [3.05, 3.63) is 17.7 Å². The summed E-state index contributed by atoms with van der Waals surface area (Å²) in [5, 5.41) is 0. The zero-order chi connectivity index (χ0) is 7.56. The highest BCUT2D eigenvalue weighted by atomic mass is 16.5. The molecule has 0 aliphatic carbocycles. The molecule has 0 bridgehead atoms. The monoisotopic (exact) mass is 140 g/mol. The van der Waals surface area contributed by atoms with Crippen LogP contribution >= 0.6 is 0 Å². The number of carbonyl (C=O) groups is 1. The van der Waals surface area contributed by atoms with Gasteiger partial charge in [-0.2, -0.15) is 0 Å². The number of nitrogens with zero attached hydrogens (tertiary/aromatic N) is 1. The number of carbonyl (C=O) groups excluding carboxylic acids is 1. The predicted molar refractivity (Wildman–Crippen MR) is 34.7 cm³/mol. The Bertz CT molecular complexity index is 242. The van der Waals surface area contributed by atoms with Crippen LogP contribution in [0.5, 0.6) is 0 Å². The SMILES string of the molecule is COC(=O)c1nc(C)c[nH]1. The molecule has 0 aliphatic heterocycles. The van der Waals surface area contributed by atoms with Crippen molar-refractivity contribution in [2.24, 2.45) is 0 Å². The van der Waals surface area contributed by atoms with Crippen LogP contribution in [0.15, 0.2) is 6.20 Å². The number of imidazole rings is 1. The summed E-state index contributed by atoms with van der Waals surface area (Å²) in [6, 6.07) is 0. The lowest BCUT2D eigenvalue weighted by atomic mass is 10.6. The lowest BCUT2D eigenvalue weighted by Crippen LogP contribution is -2.02. The molecule has 1 aromatic heterocycles. The second kappa shape index (κ2) is 2.51. The fraction of sp³-hybridized carbons (Fsp3) is 0.333. The molecule has 1 N–H and O–H groups in total. The summed E-state index contributed by atoms with van der Waals surface area (Å²) in [5.74, 6) is -0.187. The van der Waals surface area contributed by atoms with Gasteiger partial charge in [0.05, 0.1) is 12.8 Å².